The predicted molar refractivity (Wildman–Crippen MR) is 141 cm³/mol. The van der Waals surface area contributed by atoms with Gasteiger partial charge < -0.3 is 14.8 Å². The Labute approximate surface area is 220 Å². The summed E-state index contributed by atoms with van der Waals surface area (Å²) in [5, 5.41) is 2.87. The Balaban J connectivity index is 1.01. The van der Waals surface area contributed by atoms with Crippen molar-refractivity contribution in [3.63, 3.8) is 0 Å². The van der Waals surface area contributed by atoms with E-state index >= 15 is 0 Å². The molecule has 4 aliphatic carbocycles. The van der Waals surface area contributed by atoms with Gasteiger partial charge in [-0.1, -0.05) is 12.2 Å². The molecule has 3 aromatic carbocycles. The maximum absolute atomic E-state index is 13.3. The molecular weight excluding hydrogens is 480 g/mol. The largest absolute Gasteiger partial charge is 0.497 e. The maximum Gasteiger partial charge on any atom is 0.255 e. The number of amides is 3. The van der Waals surface area contributed by atoms with Gasteiger partial charge in [-0.2, -0.15) is 0 Å². The number of nitrogens with one attached hydrogen (secondary N) is 1. The van der Waals surface area contributed by atoms with E-state index in [2.05, 4.69) is 17.5 Å². The van der Waals surface area contributed by atoms with Gasteiger partial charge in [0.15, 0.2) is 0 Å². The van der Waals surface area contributed by atoms with Gasteiger partial charge in [0.1, 0.15) is 17.2 Å². The summed E-state index contributed by atoms with van der Waals surface area (Å²) >= 11 is 0. The molecule has 38 heavy (non-hydrogen) atoms. The minimum atomic E-state index is -0.282. The number of benzene rings is 3. The number of ether oxygens (including phenoxy) is 2. The molecule has 1 aliphatic heterocycles. The van der Waals surface area contributed by atoms with Crippen LogP contribution in [0.4, 0.5) is 11.4 Å². The lowest BCUT2D eigenvalue weighted by Crippen LogP contribution is -2.40. The summed E-state index contributed by atoms with van der Waals surface area (Å²) in [7, 11) is 1.61. The van der Waals surface area contributed by atoms with Crippen molar-refractivity contribution in [2.75, 3.05) is 17.3 Å². The van der Waals surface area contributed by atoms with E-state index in [1.807, 2.05) is 24.3 Å². The van der Waals surface area contributed by atoms with Gasteiger partial charge in [0, 0.05) is 11.3 Å². The normalized spacial score (nSPS) is 28.1. The number of hydrogen-bond acceptors (Lipinski definition) is 5. The second-order valence-electron chi connectivity index (χ2n) is 10.5. The van der Waals surface area contributed by atoms with Crippen molar-refractivity contribution in [2.24, 2.45) is 35.5 Å². The molecule has 190 valence electrons. The Morgan fingerprint density at radius 1 is 0.763 bits per heavy atom. The maximum atomic E-state index is 13.3. The lowest BCUT2D eigenvalue weighted by molar-refractivity contribution is -0.124. The van der Waals surface area contributed by atoms with E-state index < -0.39 is 0 Å². The number of carbonyl (C=O) groups is 3. The van der Waals surface area contributed by atoms with Crippen LogP contribution >= 0.6 is 0 Å². The molecule has 1 N–H and O–H groups in total. The first-order valence-electron chi connectivity index (χ1n) is 12.9. The Morgan fingerprint density at radius 3 is 1.84 bits per heavy atom. The minimum absolute atomic E-state index is 0.0983. The third-order valence-electron chi connectivity index (χ3n) is 8.46. The fourth-order valence-corrected chi connectivity index (χ4v) is 6.56. The summed E-state index contributed by atoms with van der Waals surface area (Å²) in [5.74, 6) is 2.63. The van der Waals surface area contributed by atoms with Gasteiger partial charge in [0.25, 0.3) is 5.91 Å². The molecule has 3 fully saturated rings. The molecule has 2 saturated carbocycles. The molecule has 3 amide bonds. The summed E-state index contributed by atoms with van der Waals surface area (Å²) in [6.07, 6.45) is 5.47. The number of carbonyl (C=O) groups excluding carboxylic acids is 3. The molecule has 3 aromatic rings. The summed E-state index contributed by atoms with van der Waals surface area (Å²) in [5.41, 5.74) is 1.59. The number of allylic oxidation sites excluding steroid dienone is 2. The number of anilines is 2. The molecule has 0 unspecified atom stereocenters. The average molecular weight is 507 g/mol. The van der Waals surface area contributed by atoms with E-state index in [-0.39, 0.29) is 41.4 Å². The molecule has 0 spiro atoms. The Kier molecular flexibility index (Phi) is 5.15. The highest BCUT2D eigenvalue weighted by Gasteiger charge is 2.67. The minimum Gasteiger partial charge on any atom is -0.497 e. The molecule has 1 heterocycles. The van der Waals surface area contributed by atoms with E-state index in [4.69, 9.17) is 9.47 Å². The van der Waals surface area contributed by atoms with Gasteiger partial charge in [0.2, 0.25) is 11.8 Å². The van der Waals surface area contributed by atoms with E-state index in [0.717, 1.165) is 12.2 Å². The topological polar surface area (TPSA) is 84.9 Å². The predicted octanol–water partition coefficient (Wildman–Crippen LogP) is 5.30. The Bertz CT molecular complexity index is 1430. The zero-order valence-electron chi connectivity index (χ0n) is 20.7. The zero-order chi connectivity index (χ0) is 26.0. The van der Waals surface area contributed by atoms with Gasteiger partial charge in [-0.3, -0.25) is 19.3 Å². The number of methoxy groups -OCH3 is 1. The standard InChI is InChI=1S/C31H26N2O5/c1-37-20-10-12-22(13-11-20)38-21-8-4-18(5-9-21)32-29(34)17-2-6-19(7-3-17)33-30(35)27-23-14-15-24(26-16-25(23)26)28(27)31(33)36/h2-15,23-28H,16H2,1H3,(H,32,34)/t23-,24-,25-,26-,27+,28+/m1/s1. The van der Waals surface area contributed by atoms with Crippen LogP contribution in [-0.4, -0.2) is 24.8 Å². The van der Waals surface area contributed by atoms with Crippen LogP contribution in [0.25, 0.3) is 0 Å². The summed E-state index contributed by atoms with van der Waals surface area (Å²) < 4.78 is 11.0. The molecule has 2 bridgehead atoms. The highest BCUT2D eigenvalue weighted by Crippen LogP contribution is 2.65. The number of nitrogens with zero attached hydrogens (tertiary/aromatic N) is 1. The summed E-state index contributed by atoms with van der Waals surface area (Å²) in [4.78, 5) is 40.8. The summed E-state index contributed by atoms with van der Waals surface area (Å²) in [6.45, 7) is 0. The monoisotopic (exact) mass is 506 g/mol. The molecule has 7 heteroatoms. The average Bonchev–Trinajstić information content (AvgIpc) is 3.73. The molecule has 0 aromatic heterocycles. The van der Waals surface area contributed by atoms with Crippen molar-refractivity contribution >= 4 is 29.1 Å². The smallest absolute Gasteiger partial charge is 0.255 e. The number of rotatable bonds is 6. The van der Waals surface area contributed by atoms with Crippen LogP contribution in [0.2, 0.25) is 0 Å². The van der Waals surface area contributed by atoms with Crippen molar-refractivity contribution in [3.8, 4) is 17.2 Å². The first-order chi connectivity index (χ1) is 18.5. The van der Waals surface area contributed by atoms with E-state index in [1.54, 1.807) is 55.6 Å². The van der Waals surface area contributed by atoms with E-state index in [0.29, 0.717) is 40.3 Å². The molecule has 6 atom stereocenters. The fourth-order valence-electron chi connectivity index (χ4n) is 6.56. The van der Waals surface area contributed by atoms with Crippen LogP contribution in [0, 0.1) is 35.5 Å². The van der Waals surface area contributed by atoms with Crippen molar-refractivity contribution in [1.82, 2.24) is 0 Å². The molecule has 8 rings (SSSR count). The van der Waals surface area contributed by atoms with Crippen LogP contribution < -0.4 is 19.7 Å². The van der Waals surface area contributed by atoms with Crippen LogP contribution in [0.1, 0.15) is 16.8 Å². The summed E-state index contributed by atoms with van der Waals surface area (Å²) in [6, 6.07) is 21.0. The first kappa shape index (κ1) is 22.8. The Hall–Kier alpha value is -4.39. The lowest BCUT2D eigenvalue weighted by atomic mass is 9.63. The number of imide groups is 1. The quantitative estimate of drug-likeness (QED) is 0.362. The van der Waals surface area contributed by atoms with Crippen LogP contribution in [0.3, 0.4) is 0 Å². The second-order valence-corrected chi connectivity index (χ2v) is 10.5. The molecular formula is C31H26N2O5. The molecule has 0 radical (unpaired) electrons. The van der Waals surface area contributed by atoms with E-state index in [1.165, 1.54) is 4.90 Å². The van der Waals surface area contributed by atoms with Crippen molar-refractivity contribution < 1.29 is 23.9 Å². The first-order valence-corrected chi connectivity index (χ1v) is 12.9. The number of hydrogen-bond donors (Lipinski definition) is 1. The van der Waals surface area contributed by atoms with Crippen LogP contribution in [0.15, 0.2) is 84.9 Å². The van der Waals surface area contributed by atoms with E-state index in [9.17, 15) is 14.4 Å². The van der Waals surface area contributed by atoms with Crippen molar-refractivity contribution in [1.29, 1.82) is 0 Å². The third kappa shape index (κ3) is 3.61. The highest BCUT2D eigenvalue weighted by molar-refractivity contribution is 6.22. The van der Waals surface area contributed by atoms with Crippen molar-refractivity contribution in [2.45, 2.75) is 6.42 Å². The van der Waals surface area contributed by atoms with Gasteiger partial charge in [-0.15, -0.1) is 0 Å². The third-order valence-corrected chi connectivity index (χ3v) is 8.46. The zero-order valence-corrected chi connectivity index (χ0v) is 20.7. The van der Waals surface area contributed by atoms with Crippen LogP contribution in [0.5, 0.6) is 17.2 Å². The fraction of sp³-hybridized carbons (Fsp3) is 0.258. The van der Waals surface area contributed by atoms with Gasteiger partial charge in [-0.05, 0) is 103 Å². The SMILES string of the molecule is COc1ccc(Oc2ccc(NC(=O)c3ccc(N4C(=O)[C@H]5[C@@H]6C=C[C@H]([C@H]7C[C@H]67)[C@@H]5C4=O)cc3)cc2)cc1. The van der Waals surface area contributed by atoms with Crippen LogP contribution in [-0.2, 0) is 9.59 Å². The van der Waals surface area contributed by atoms with Gasteiger partial charge >= 0.3 is 0 Å². The molecule has 7 nitrogen and oxygen atoms in total. The molecule has 1 saturated heterocycles. The van der Waals surface area contributed by atoms with Crippen molar-refractivity contribution in [3.05, 3.63) is 90.5 Å². The Morgan fingerprint density at radius 2 is 1.29 bits per heavy atom. The molecule has 5 aliphatic rings. The van der Waals surface area contributed by atoms with Gasteiger partial charge in [-0.25, -0.2) is 0 Å². The highest BCUT2D eigenvalue weighted by atomic mass is 16.5. The lowest BCUT2D eigenvalue weighted by Gasteiger charge is -2.37. The second kappa shape index (κ2) is 8.58. The van der Waals surface area contributed by atoms with Gasteiger partial charge in [0.05, 0.1) is 24.6 Å².